The van der Waals surface area contributed by atoms with Crippen LogP contribution in [-0.2, 0) is 6.42 Å². The normalized spacial score (nSPS) is 11.0. The molecule has 4 heteroatoms. The van der Waals surface area contributed by atoms with E-state index in [-0.39, 0.29) is 0 Å². The topological polar surface area (TPSA) is 49.9 Å². The predicted molar refractivity (Wildman–Crippen MR) is 74.1 cm³/mol. The molecule has 1 heterocycles. The zero-order valence-corrected chi connectivity index (χ0v) is 11.1. The number of benzene rings is 1. The number of imidazole rings is 1. The molecule has 0 atom stereocenters. The van der Waals surface area contributed by atoms with Crippen molar-refractivity contribution in [2.75, 3.05) is 19.7 Å². The van der Waals surface area contributed by atoms with Crippen LogP contribution in [0.5, 0.6) is 5.75 Å². The number of nitrogens with zero attached hydrogens (tertiary/aromatic N) is 1. The highest BCUT2D eigenvalue weighted by Crippen LogP contribution is 2.19. The van der Waals surface area contributed by atoms with E-state index in [2.05, 4.69) is 22.2 Å². The first-order valence-corrected chi connectivity index (χ1v) is 6.65. The van der Waals surface area contributed by atoms with E-state index in [1.807, 2.05) is 25.1 Å². The average Bonchev–Trinajstić information content (AvgIpc) is 2.77. The van der Waals surface area contributed by atoms with Crippen LogP contribution in [0.2, 0.25) is 0 Å². The molecule has 0 unspecified atom stereocenters. The van der Waals surface area contributed by atoms with Crippen molar-refractivity contribution in [3.8, 4) is 5.75 Å². The lowest BCUT2D eigenvalue weighted by Gasteiger charge is -2.01. The van der Waals surface area contributed by atoms with Crippen molar-refractivity contribution in [3.63, 3.8) is 0 Å². The van der Waals surface area contributed by atoms with Gasteiger partial charge in [-0.2, -0.15) is 0 Å². The standard InChI is InChI=1S/C14H21N3O/c1-3-8-15-9-7-14-16-12-6-5-11(18-4-2)10-13(12)17-14/h5-6,10,15H,3-4,7-9H2,1-2H3,(H,16,17). The summed E-state index contributed by atoms with van der Waals surface area (Å²) in [5.74, 6) is 1.92. The third-order valence-electron chi connectivity index (χ3n) is 2.78. The van der Waals surface area contributed by atoms with E-state index in [9.17, 15) is 0 Å². The van der Waals surface area contributed by atoms with Crippen LogP contribution in [0.25, 0.3) is 11.0 Å². The molecule has 18 heavy (non-hydrogen) atoms. The van der Waals surface area contributed by atoms with Gasteiger partial charge in [0.1, 0.15) is 11.6 Å². The second-order valence-electron chi connectivity index (χ2n) is 4.30. The van der Waals surface area contributed by atoms with Crippen LogP contribution >= 0.6 is 0 Å². The number of aromatic nitrogens is 2. The number of nitrogens with one attached hydrogen (secondary N) is 2. The Kier molecular flexibility index (Phi) is 4.59. The number of aromatic amines is 1. The Balaban J connectivity index is 2.02. The highest BCUT2D eigenvalue weighted by atomic mass is 16.5. The summed E-state index contributed by atoms with van der Waals surface area (Å²) >= 11 is 0. The lowest BCUT2D eigenvalue weighted by atomic mass is 10.3. The zero-order valence-electron chi connectivity index (χ0n) is 11.1. The second kappa shape index (κ2) is 6.40. The summed E-state index contributed by atoms with van der Waals surface area (Å²) in [4.78, 5) is 7.90. The SMILES string of the molecule is CCCNCCc1nc2ccc(OCC)cc2[nH]1. The predicted octanol–water partition coefficient (Wildman–Crippen LogP) is 2.50. The van der Waals surface area contributed by atoms with E-state index in [1.54, 1.807) is 0 Å². The van der Waals surface area contributed by atoms with Crippen LogP contribution < -0.4 is 10.1 Å². The summed E-state index contributed by atoms with van der Waals surface area (Å²) in [5, 5.41) is 3.37. The Morgan fingerprint density at radius 3 is 2.94 bits per heavy atom. The first-order valence-electron chi connectivity index (χ1n) is 6.65. The summed E-state index contributed by atoms with van der Waals surface area (Å²) in [6, 6.07) is 5.97. The summed E-state index contributed by atoms with van der Waals surface area (Å²) in [6.45, 7) is 6.87. The molecule has 0 bridgehead atoms. The molecule has 1 aromatic carbocycles. The molecule has 0 aliphatic rings. The Morgan fingerprint density at radius 2 is 2.17 bits per heavy atom. The molecular weight excluding hydrogens is 226 g/mol. The van der Waals surface area contributed by atoms with E-state index in [4.69, 9.17) is 4.74 Å². The average molecular weight is 247 g/mol. The van der Waals surface area contributed by atoms with Crippen LogP contribution in [0.4, 0.5) is 0 Å². The van der Waals surface area contributed by atoms with Gasteiger partial charge in [-0.1, -0.05) is 6.92 Å². The van der Waals surface area contributed by atoms with Crippen molar-refractivity contribution in [2.24, 2.45) is 0 Å². The number of H-pyrrole nitrogens is 1. The smallest absolute Gasteiger partial charge is 0.121 e. The second-order valence-corrected chi connectivity index (χ2v) is 4.30. The number of hydrogen-bond donors (Lipinski definition) is 2. The van der Waals surface area contributed by atoms with Crippen LogP contribution in [0.1, 0.15) is 26.1 Å². The fourth-order valence-corrected chi connectivity index (χ4v) is 1.92. The van der Waals surface area contributed by atoms with Gasteiger partial charge in [-0.3, -0.25) is 0 Å². The summed E-state index contributed by atoms with van der Waals surface area (Å²) < 4.78 is 5.48. The van der Waals surface area contributed by atoms with Crippen LogP contribution in [0, 0.1) is 0 Å². The van der Waals surface area contributed by atoms with Crippen molar-refractivity contribution in [3.05, 3.63) is 24.0 Å². The zero-order chi connectivity index (χ0) is 12.8. The van der Waals surface area contributed by atoms with E-state index in [1.165, 1.54) is 0 Å². The lowest BCUT2D eigenvalue weighted by Crippen LogP contribution is -2.18. The number of fused-ring (bicyclic) bond motifs is 1. The highest BCUT2D eigenvalue weighted by molar-refractivity contribution is 5.76. The molecule has 1 aromatic heterocycles. The van der Waals surface area contributed by atoms with Crippen LogP contribution in [-0.4, -0.2) is 29.7 Å². The Bertz CT molecular complexity index is 493. The monoisotopic (exact) mass is 247 g/mol. The van der Waals surface area contributed by atoms with E-state index in [0.717, 1.165) is 48.5 Å². The van der Waals surface area contributed by atoms with Gasteiger partial charge >= 0.3 is 0 Å². The first-order chi connectivity index (χ1) is 8.83. The molecule has 2 N–H and O–H groups in total. The van der Waals surface area contributed by atoms with Gasteiger partial charge in [-0.25, -0.2) is 4.98 Å². The molecule has 0 radical (unpaired) electrons. The molecule has 2 aromatic rings. The maximum atomic E-state index is 5.48. The van der Waals surface area contributed by atoms with Crippen molar-refractivity contribution >= 4 is 11.0 Å². The molecule has 0 saturated carbocycles. The van der Waals surface area contributed by atoms with E-state index in [0.29, 0.717) is 6.61 Å². The fourth-order valence-electron chi connectivity index (χ4n) is 1.92. The summed E-state index contributed by atoms with van der Waals surface area (Å²) in [7, 11) is 0. The number of rotatable bonds is 7. The van der Waals surface area contributed by atoms with Gasteiger partial charge in [0.2, 0.25) is 0 Å². The lowest BCUT2D eigenvalue weighted by molar-refractivity contribution is 0.340. The van der Waals surface area contributed by atoms with E-state index >= 15 is 0 Å². The maximum absolute atomic E-state index is 5.48. The van der Waals surface area contributed by atoms with Gasteiger partial charge in [0.15, 0.2) is 0 Å². The molecule has 0 saturated heterocycles. The Hall–Kier alpha value is -1.55. The molecule has 0 aliphatic carbocycles. The van der Waals surface area contributed by atoms with Gasteiger partial charge in [0.05, 0.1) is 17.6 Å². The van der Waals surface area contributed by atoms with Gasteiger partial charge in [0, 0.05) is 19.0 Å². The molecule has 0 amide bonds. The summed E-state index contributed by atoms with van der Waals surface area (Å²) in [6.07, 6.45) is 2.09. The van der Waals surface area contributed by atoms with Crippen LogP contribution in [0.3, 0.4) is 0 Å². The minimum Gasteiger partial charge on any atom is -0.494 e. The van der Waals surface area contributed by atoms with Gasteiger partial charge in [-0.15, -0.1) is 0 Å². The minimum absolute atomic E-state index is 0.688. The first kappa shape index (κ1) is 12.9. The molecule has 2 rings (SSSR count). The number of ether oxygens (including phenoxy) is 1. The maximum Gasteiger partial charge on any atom is 0.121 e. The quantitative estimate of drug-likeness (QED) is 0.739. The van der Waals surface area contributed by atoms with Gasteiger partial charge in [0.25, 0.3) is 0 Å². The highest BCUT2D eigenvalue weighted by Gasteiger charge is 2.03. The number of hydrogen-bond acceptors (Lipinski definition) is 3. The van der Waals surface area contributed by atoms with Crippen molar-refractivity contribution in [1.29, 1.82) is 0 Å². The molecule has 0 spiro atoms. The summed E-state index contributed by atoms with van der Waals surface area (Å²) in [5.41, 5.74) is 2.05. The Labute approximate surface area is 108 Å². The third-order valence-corrected chi connectivity index (χ3v) is 2.78. The van der Waals surface area contributed by atoms with E-state index < -0.39 is 0 Å². The molecule has 0 fully saturated rings. The molecule has 4 nitrogen and oxygen atoms in total. The largest absolute Gasteiger partial charge is 0.494 e. The van der Waals surface area contributed by atoms with Crippen LogP contribution in [0.15, 0.2) is 18.2 Å². The molecule has 98 valence electrons. The van der Waals surface area contributed by atoms with Gasteiger partial charge in [-0.05, 0) is 32.0 Å². The third kappa shape index (κ3) is 3.23. The van der Waals surface area contributed by atoms with Crippen molar-refractivity contribution in [2.45, 2.75) is 26.7 Å². The van der Waals surface area contributed by atoms with Crippen molar-refractivity contribution in [1.82, 2.24) is 15.3 Å². The fraction of sp³-hybridized carbons (Fsp3) is 0.500. The minimum atomic E-state index is 0.688. The molecule has 0 aliphatic heterocycles. The van der Waals surface area contributed by atoms with Crippen molar-refractivity contribution < 1.29 is 4.74 Å². The molecular formula is C14H21N3O. The van der Waals surface area contributed by atoms with Gasteiger partial charge < -0.3 is 15.0 Å². The Morgan fingerprint density at radius 1 is 1.28 bits per heavy atom.